The van der Waals surface area contributed by atoms with E-state index in [2.05, 4.69) is 20.7 Å². The van der Waals surface area contributed by atoms with E-state index < -0.39 is 11.8 Å². The fraction of sp³-hybridized carbons (Fsp3) is 0.0526. The van der Waals surface area contributed by atoms with E-state index in [0.717, 1.165) is 5.56 Å². The van der Waals surface area contributed by atoms with Crippen molar-refractivity contribution in [2.75, 3.05) is 11.9 Å². The van der Waals surface area contributed by atoms with Gasteiger partial charge >= 0.3 is 0 Å². The monoisotopic (exact) mass is 463 g/mol. The average Bonchev–Trinajstić information content (AvgIpc) is 3.27. The first kappa shape index (κ1) is 20.3. The summed E-state index contributed by atoms with van der Waals surface area (Å²) in [6.45, 7) is -0.296. The number of carbonyl (C=O) groups excluding carboxylic acids is 2. The van der Waals surface area contributed by atoms with Crippen LogP contribution in [0.25, 0.3) is 16.2 Å². The fourth-order valence-electron chi connectivity index (χ4n) is 2.65. The number of halogens is 3. The van der Waals surface area contributed by atoms with Gasteiger partial charge in [0.25, 0.3) is 11.9 Å². The zero-order valence-electron chi connectivity index (χ0n) is 15.0. The first-order valence-electron chi connectivity index (χ1n) is 8.54. The molecule has 2 N–H and O–H groups in total. The molecule has 30 heavy (non-hydrogen) atoms. The third-order valence-corrected chi connectivity index (χ3v) is 5.42. The van der Waals surface area contributed by atoms with E-state index in [4.69, 9.17) is 23.2 Å². The first-order valence-corrected chi connectivity index (χ1v) is 10.2. The van der Waals surface area contributed by atoms with Crippen LogP contribution < -0.4 is 10.6 Å². The molecular formula is C19H12Cl2FN5O2S. The molecule has 0 aliphatic rings. The Morgan fingerprint density at radius 3 is 2.63 bits per heavy atom. The molecule has 2 amide bonds. The van der Waals surface area contributed by atoms with Crippen LogP contribution in [-0.2, 0) is 4.79 Å². The SMILES string of the molecule is O=C(CNC(=O)c1ccc(Cl)cc1Cl)Nc1nc2scc(-c3ccc(F)cc3)n2n1. The van der Waals surface area contributed by atoms with Crippen molar-refractivity contribution in [2.24, 2.45) is 0 Å². The largest absolute Gasteiger partial charge is 0.343 e. The second-order valence-electron chi connectivity index (χ2n) is 6.11. The van der Waals surface area contributed by atoms with Crippen molar-refractivity contribution in [1.29, 1.82) is 0 Å². The minimum atomic E-state index is -0.510. The van der Waals surface area contributed by atoms with Gasteiger partial charge in [-0.1, -0.05) is 23.2 Å². The summed E-state index contributed by atoms with van der Waals surface area (Å²) < 4.78 is 14.7. The lowest BCUT2D eigenvalue weighted by atomic mass is 10.2. The summed E-state index contributed by atoms with van der Waals surface area (Å²) in [5, 5.41) is 11.7. The molecule has 0 atom stereocenters. The molecule has 4 rings (SSSR count). The van der Waals surface area contributed by atoms with E-state index in [1.165, 1.54) is 41.7 Å². The molecule has 11 heteroatoms. The average molecular weight is 464 g/mol. The number of rotatable bonds is 5. The number of fused-ring (bicyclic) bond motifs is 1. The van der Waals surface area contributed by atoms with Crippen molar-refractivity contribution in [1.82, 2.24) is 19.9 Å². The molecule has 2 heterocycles. The molecule has 152 valence electrons. The van der Waals surface area contributed by atoms with Gasteiger partial charge in [-0.2, -0.15) is 4.98 Å². The van der Waals surface area contributed by atoms with Crippen LogP contribution in [0.4, 0.5) is 10.3 Å². The molecule has 0 aliphatic carbocycles. The predicted octanol–water partition coefficient (Wildman–Crippen LogP) is 4.27. The van der Waals surface area contributed by atoms with E-state index in [1.807, 2.05) is 5.38 Å². The second-order valence-corrected chi connectivity index (χ2v) is 7.79. The minimum Gasteiger partial charge on any atom is -0.343 e. The minimum absolute atomic E-state index is 0.0917. The van der Waals surface area contributed by atoms with Crippen LogP contribution in [0.1, 0.15) is 10.4 Å². The molecule has 0 saturated heterocycles. The van der Waals surface area contributed by atoms with E-state index in [0.29, 0.717) is 15.7 Å². The van der Waals surface area contributed by atoms with Gasteiger partial charge < -0.3 is 5.32 Å². The maximum absolute atomic E-state index is 13.1. The number of amides is 2. The zero-order valence-corrected chi connectivity index (χ0v) is 17.4. The zero-order chi connectivity index (χ0) is 21.3. The topological polar surface area (TPSA) is 88.4 Å². The first-order chi connectivity index (χ1) is 14.4. The lowest BCUT2D eigenvalue weighted by Crippen LogP contribution is -2.33. The summed E-state index contributed by atoms with van der Waals surface area (Å²) in [6, 6.07) is 10.4. The van der Waals surface area contributed by atoms with Gasteiger partial charge in [-0.15, -0.1) is 16.4 Å². The van der Waals surface area contributed by atoms with Crippen molar-refractivity contribution >= 4 is 57.3 Å². The normalized spacial score (nSPS) is 10.9. The van der Waals surface area contributed by atoms with Gasteiger partial charge in [0.2, 0.25) is 10.9 Å². The number of carbonyl (C=O) groups is 2. The Labute approximate surface area is 183 Å². The highest BCUT2D eigenvalue weighted by Crippen LogP contribution is 2.26. The quantitative estimate of drug-likeness (QED) is 0.462. The van der Waals surface area contributed by atoms with Gasteiger partial charge in [-0.05, 0) is 42.5 Å². The number of anilines is 1. The molecule has 7 nitrogen and oxygen atoms in total. The lowest BCUT2D eigenvalue weighted by molar-refractivity contribution is -0.115. The highest BCUT2D eigenvalue weighted by Gasteiger charge is 2.15. The van der Waals surface area contributed by atoms with Gasteiger partial charge in [0.15, 0.2) is 0 Å². The number of thiazole rings is 1. The summed E-state index contributed by atoms with van der Waals surface area (Å²) in [5.74, 6) is -1.26. The van der Waals surface area contributed by atoms with Crippen LogP contribution in [0, 0.1) is 5.82 Å². The van der Waals surface area contributed by atoms with Gasteiger partial charge in [0.05, 0.1) is 22.8 Å². The van der Waals surface area contributed by atoms with Crippen molar-refractivity contribution in [2.45, 2.75) is 0 Å². The van der Waals surface area contributed by atoms with E-state index in [-0.39, 0.29) is 28.9 Å². The molecule has 0 saturated carbocycles. The number of aromatic nitrogens is 3. The van der Waals surface area contributed by atoms with Crippen LogP contribution in [0.2, 0.25) is 10.0 Å². The third kappa shape index (κ3) is 4.28. The summed E-state index contributed by atoms with van der Waals surface area (Å²) in [6.07, 6.45) is 0. The van der Waals surface area contributed by atoms with Crippen LogP contribution in [-0.4, -0.2) is 33.0 Å². The van der Waals surface area contributed by atoms with E-state index >= 15 is 0 Å². The molecule has 0 aliphatic heterocycles. The van der Waals surface area contributed by atoms with Gasteiger partial charge in [0, 0.05) is 16.0 Å². The smallest absolute Gasteiger partial charge is 0.253 e. The van der Waals surface area contributed by atoms with Crippen LogP contribution in [0.3, 0.4) is 0 Å². The molecule has 0 bridgehead atoms. The highest BCUT2D eigenvalue weighted by molar-refractivity contribution is 7.15. The van der Waals surface area contributed by atoms with Crippen molar-refractivity contribution in [3.63, 3.8) is 0 Å². The number of hydrogen-bond donors (Lipinski definition) is 2. The molecule has 0 radical (unpaired) electrons. The summed E-state index contributed by atoms with van der Waals surface area (Å²) in [5.41, 5.74) is 1.68. The van der Waals surface area contributed by atoms with Crippen LogP contribution in [0.15, 0.2) is 47.8 Å². The molecule has 2 aromatic carbocycles. The predicted molar refractivity (Wildman–Crippen MR) is 114 cm³/mol. The molecular weight excluding hydrogens is 452 g/mol. The lowest BCUT2D eigenvalue weighted by Gasteiger charge is -2.06. The maximum atomic E-state index is 13.1. The van der Waals surface area contributed by atoms with E-state index in [9.17, 15) is 14.0 Å². The summed E-state index contributed by atoms with van der Waals surface area (Å²) in [4.78, 5) is 29.1. The summed E-state index contributed by atoms with van der Waals surface area (Å²) in [7, 11) is 0. The Balaban J connectivity index is 1.42. The number of benzene rings is 2. The Hall–Kier alpha value is -3.01. The highest BCUT2D eigenvalue weighted by atomic mass is 35.5. The molecule has 2 aromatic heterocycles. The molecule has 0 unspecified atom stereocenters. The Morgan fingerprint density at radius 2 is 1.90 bits per heavy atom. The maximum Gasteiger partial charge on any atom is 0.253 e. The third-order valence-electron chi connectivity index (χ3n) is 4.06. The van der Waals surface area contributed by atoms with Crippen molar-refractivity contribution < 1.29 is 14.0 Å². The molecule has 0 spiro atoms. The standard InChI is InChI=1S/C19H12Cl2FN5O2S/c20-11-3-6-13(14(21)7-11)17(29)23-8-16(28)24-18-25-19-27(26-18)15(9-30-19)10-1-4-12(22)5-2-10/h1-7,9H,8H2,(H,23,29)(H,24,26,28). The van der Waals surface area contributed by atoms with Gasteiger partial charge in [-0.3, -0.25) is 14.9 Å². The Morgan fingerprint density at radius 1 is 1.13 bits per heavy atom. The molecule has 0 fully saturated rings. The Bertz CT molecular complexity index is 1260. The van der Waals surface area contributed by atoms with Crippen molar-refractivity contribution in [3.05, 3.63) is 69.3 Å². The van der Waals surface area contributed by atoms with Crippen LogP contribution in [0.5, 0.6) is 0 Å². The second kappa shape index (κ2) is 8.39. The molecule has 4 aromatic rings. The van der Waals surface area contributed by atoms with Crippen LogP contribution >= 0.6 is 34.5 Å². The van der Waals surface area contributed by atoms with Gasteiger partial charge in [0.1, 0.15) is 5.82 Å². The van der Waals surface area contributed by atoms with Gasteiger partial charge in [-0.25, -0.2) is 8.91 Å². The fourth-order valence-corrected chi connectivity index (χ4v) is 3.98. The summed E-state index contributed by atoms with van der Waals surface area (Å²) >= 11 is 13.1. The van der Waals surface area contributed by atoms with E-state index in [1.54, 1.807) is 16.6 Å². The Kier molecular flexibility index (Phi) is 5.67. The number of hydrogen-bond acceptors (Lipinski definition) is 5. The van der Waals surface area contributed by atoms with Crippen molar-refractivity contribution in [3.8, 4) is 11.3 Å². The number of nitrogens with one attached hydrogen (secondary N) is 2. The number of nitrogens with zero attached hydrogens (tertiary/aromatic N) is 3.